The number of nitrogens with zero attached hydrogens (tertiary/aromatic N) is 5. The van der Waals surface area contributed by atoms with Gasteiger partial charge in [-0.1, -0.05) is 24.3 Å². The van der Waals surface area contributed by atoms with Gasteiger partial charge >= 0.3 is 0 Å². The van der Waals surface area contributed by atoms with Crippen molar-refractivity contribution in [1.82, 2.24) is 9.97 Å². The molecular formula is C21H20N6. The second kappa shape index (κ2) is 7.75. The topological polar surface area (TPSA) is 68.1 Å². The zero-order valence-corrected chi connectivity index (χ0v) is 14.9. The van der Waals surface area contributed by atoms with Crippen LogP contribution in [0.2, 0.25) is 0 Å². The third-order valence-electron chi connectivity index (χ3n) is 4.61. The van der Waals surface area contributed by atoms with Crippen LogP contribution in [0, 0.1) is 11.3 Å². The number of anilines is 4. The van der Waals surface area contributed by atoms with E-state index in [9.17, 15) is 0 Å². The van der Waals surface area contributed by atoms with Gasteiger partial charge in [0.25, 0.3) is 0 Å². The number of piperazine rings is 1. The van der Waals surface area contributed by atoms with Crippen molar-refractivity contribution >= 4 is 23.1 Å². The molecule has 1 N–H and O–H groups in total. The van der Waals surface area contributed by atoms with Crippen molar-refractivity contribution in [3.8, 4) is 6.07 Å². The molecule has 0 atom stereocenters. The number of benzene rings is 2. The van der Waals surface area contributed by atoms with Crippen molar-refractivity contribution in [3.05, 3.63) is 72.4 Å². The average Bonchev–Trinajstić information content (AvgIpc) is 2.75. The van der Waals surface area contributed by atoms with Gasteiger partial charge in [-0.15, -0.1) is 0 Å². The Morgan fingerprint density at radius 3 is 2.44 bits per heavy atom. The highest BCUT2D eigenvalue weighted by Gasteiger charge is 2.18. The lowest BCUT2D eigenvalue weighted by Crippen LogP contribution is -2.46. The molecule has 1 aliphatic heterocycles. The van der Waals surface area contributed by atoms with Crippen molar-refractivity contribution in [3.63, 3.8) is 0 Å². The number of nitrogens with one attached hydrogen (secondary N) is 1. The van der Waals surface area contributed by atoms with E-state index in [2.05, 4.69) is 55.4 Å². The Morgan fingerprint density at radius 2 is 1.67 bits per heavy atom. The van der Waals surface area contributed by atoms with Crippen LogP contribution >= 0.6 is 0 Å². The minimum Gasteiger partial charge on any atom is -0.368 e. The first kappa shape index (κ1) is 16.9. The van der Waals surface area contributed by atoms with E-state index in [0.29, 0.717) is 11.5 Å². The van der Waals surface area contributed by atoms with E-state index in [1.165, 1.54) is 5.69 Å². The largest absolute Gasteiger partial charge is 0.368 e. The zero-order chi connectivity index (χ0) is 18.5. The van der Waals surface area contributed by atoms with Crippen LogP contribution in [-0.4, -0.2) is 36.1 Å². The highest BCUT2D eigenvalue weighted by Crippen LogP contribution is 2.21. The van der Waals surface area contributed by atoms with E-state index in [1.807, 2.05) is 24.3 Å². The molecule has 0 amide bonds. The molecule has 2 heterocycles. The lowest BCUT2D eigenvalue weighted by Gasteiger charge is -2.36. The molecule has 1 saturated heterocycles. The first-order valence-electron chi connectivity index (χ1n) is 8.97. The van der Waals surface area contributed by atoms with Crippen LogP contribution < -0.4 is 15.1 Å². The highest BCUT2D eigenvalue weighted by atomic mass is 15.3. The Bertz CT molecular complexity index is 942. The maximum absolute atomic E-state index is 9.03. The third kappa shape index (κ3) is 3.98. The van der Waals surface area contributed by atoms with Gasteiger partial charge < -0.3 is 15.1 Å². The van der Waals surface area contributed by atoms with Crippen molar-refractivity contribution < 1.29 is 0 Å². The van der Waals surface area contributed by atoms with Gasteiger partial charge in [0.15, 0.2) is 0 Å². The Morgan fingerprint density at radius 1 is 0.889 bits per heavy atom. The number of hydrogen-bond donors (Lipinski definition) is 1. The molecule has 1 aliphatic rings. The first-order chi connectivity index (χ1) is 13.3. The lowest BCUT2D eigenvalue weighted by molar-refractivity contribution is 0.647. The summed E-state index contributed by atoms with van der Waals surface area (Å²) < 4.78 is 0. The van der Waals surface area contributed by atoms with Gasteiger partial charge in [0.2, 0.25) is 5.95 Å². The van der Waals surface area contributed by atoms with Crippen molar-refractivity contribution in [1.29, 1.82) is 5.26 Å². The molecule has 4 rings (SSSR count). The minimum atomic E-state index is 0.535. The number of rotatable bonds is 4. The Kier molecular flexibility index (Phi) is 4.84. The quantitative estimate of drug-likeness (QED) is 0.773. The highest BCUT2D eigenvalue weighted by molar-refractivity contribution is 5.58. The van der Waals surface area contributed by atoms with E-state index in [0.717, 1.165) is 37.7 Å². The van der Waals surface area contributed by atoms with Crippen LogP contribution in [0.5, 0.6) is 0 Å². The molecule has 0 saturated carbocycles. The summed E-state index contributed by atoms with van der Waals surface area (Å²) in [7, 11) is 0. The van der Waals surface area contributed by atoms with Gasteiger partial charge in [0, 0.05) is 43.8 Å². The summed E-state index contributed by atoms with van der Waals surface area (Å²) >= 11 is 0. The average molecular weight is 356 g/mol. The Hall–Kier alpha value is -3.59. The smallest absolute Gasteiger partial charge is 0.229 e. The maximum atomic E-state index is 9.03. The van der Waals surface area contributed by atoms with Crippen LogP contribution in [-0.2, 0) is 0 Å². The summed E-state index contributed by atoms with van der Waals surface area (Å²) in [5, 5.41) is 12.2. The summed E-state index contributed by atoms with van der Waals surface area (Å²) in [5.41, 5.74) is 2.67. The Balaban J connectivity index is 1.43. The maximum Gasteiger partial charge on any atom is 0.229 e. The van der Waals surface area contributed by atoms with E-state index < -0.39 is 0 Å². The molecule has 1 fully saturated rings. The second-order valence-corrected chi connectivity index (χ2v) is 6.37. The van der Waals surface area contributed by atoms with Gasteiger partial charge in [-0.2, -0.15) is 10.2 Å². The predicted molar refractivity (Wildman–Crippen MR) is 107 cm³/mol. The van der Waals surface area contributed by atoms with Crippen molar-refractivity contribution in [2.45, 2.75) is 0 Å². The number of nitriles is 1. The van der Waals surface area contributed by atoms with Gasteiger partial charge in [0.1, 0.15) is 5.82 Å². The van der Waals surface area contributed by atoms with Crippen molar-refractivity contribution in [2.24, 2.45) is 0 Å². The normalized spacial score (nSPS) is 13.9. The SMILES string of the molecule is N#Cc1cccc(Nc2nccc(N3CCN(c4ccccc4)CC3)n2)c1. The fourth-order valence-corrected chi connectivity index (χ4v) is 3.21. The van der Waals surface area contributed by atoms with Crippen LogP contribution in [0.15, 0.2) is 66.9 Å². The lowest BCUT2D eigenvalue weighted by atomic mass is 10.2. The first-order valence-corrected chi connectivity index (χ1v) is 8.97. The van der Waals surface area contributed by atoms with E-state index in [1.54, 1.807) is 18.3 Å². The summed E-state index contributed by atoms with van der Waals surface area (Å²) in [4.78, 5) is 13.6. The number of hydrogen-bond acceptors (Lipinski definition) is 6. The zero-order valence-electron chi connectivity index (χ0n) is 14.9. The second-order valence-electron chi connectivity index (χ2n) is 6.37. The van der Waals surface area contributed by atoms with E-state index >= 15 is 0 Å². The third-order valence-corrected chi connectivity index (χ3v) is 4.61. The minimum absolute atomic E-state index is 0.535. The van der Waals surface area contributed by atoms with E-state index in [-0.39, 0.29) is 0 Å². The molecule has 0 radical (unpaired) electrons. The fraction of sp³-hybridized carbons (Fsp3) is 0.190. The van der Waals surface area contributed by atoms with Gasteiger partial charge in [-0.25, -0.2) is 4.98 Å². The molecular weight excluding hydrogens is 336 g/mol. The molecule has 0 unspecified atom stereocenters. The Labute approximate surface area is 158 Å². The molecule has 0 aliphatic carbocycles. The monoisotopic (exact) mass is 356 g/mol. The van der Waals surface area contributed by atoms with E-state index in [4.69, 9.17) is 5.26 Å². The van der Waals surface area contributed by atoms with Gasteiger partial charge in [-0.05, 0) is 36.4 Å². The van der Waals surface area contributed by atoms with Crippen molar-refractivity contribution in [2.75, 3.05) is 41.3 Å². The molecule has 1 aromatic heterocycles. The van der Waals surface area contributed by atoms with Gasteiger partial charge in [-0.3, -0.25) is 0 Å². The number of para-hydroxylation sites is 1. The summed E-state index contributed by atoms with van der Waals surface area (Å²) in [6, 6.07) is 21.9. The molecule has 27 heavy (non-hydrogen) atoms. The molecule has 6 nitrogen and oxygen atoms in total. The molecule has 3 aromatic rings. The predicted octanol–water partition coefficient (Wildman–Crippen LogP) is 3.42. The molecule has 2 aromatic carbocycles. The van der Waals surface area contributed by atoms with Crippen LogP contribution in [0.4, 0.5) is 23.1 Å². The molecule has 134 valence electrons. The summed E-state index contributed by atoms with van der Waals surface area (Å²) in [5.74, 6) is 1.45. The number of aromatic nitrogens is 2. The molecule has 0 bridgehead atoms. The van der Waals surface area contributed by atoms with Gasteiger partial charge in [0.05, 0.1) is 11.6 Å². The standard InChI is InChI=1S/C21H20N6/c22-16-17-5-4-6-18(15-17)24-21-23-10-9-20(25-21)27-13-11-26(12-14-27)19-7-2-1-3-8-19/h1-10,15H,11-14H2,(H,23,24,25). The van der Waals surface area contributed by atoms with Crippen LogP contribution in [0.1, 0.15) is 5.56 Å². The molecule has 6 heteroatoms. The summed E-state index contributed by atoms with van der Waals surface area (Å²) in [6.07, 6.45) is 1.77. The van der Waals surface area contributed by atoms with Crippen LogP contribution in [0.3, 0.4) is 0 Å². The fourth-order valence-electron chi connectivity index (χ4n) is 3.21. The van der Waals surface area contributed by atoms with Crippen LogP contribution in [0.25, 0.3) is 0 Å². The summed E-state index contributed by atoms with van der Waals surface area (Å²) in [6.45, 7) is 3.74. The molecule has 0 spiro atoms.